The molecule has 258 valence electrons. The Bertz CT molecular complexity index is 1970. The van der Waals surface area contributed by atoms with E-state index in [-0.39, 0.29) is 44.8 Å². The van der Waals surface area contributed by atoms with Gasteiger partial charge >= 0.3 is 11.9 Å². The lowest BCUT2D eigenvalue weighted by molar-refractivity contribution is -0.117. The van der Waals surface area contributed by atoms with Crippen LogP contribution in [0.1, 0.15) is 91.4 Å². The first-order valence-electron chi connectivity index (χ1n) is 16.8. The van der Waals surface area contributed by atoms with Gasteiger partial charge in [-0.05, 0) is 104 Å². The number of H-pyrrole nitrogens is 1. The molecular formula is C38H37FN4O7. The van der Waals surface area contributed by atoms with Crippen molar-refractivity contribution in [2.24, 2.45) is 23.2 Å². The van der Waals surface area contributed by atoms with Crippen LogP contribution in [0.5, 0.6) is 0 Å². The van der Waals surface area contributed by atoms with Gasteiger partial charge in [0.2, 0.25) is 5.91 Å². The smallest absolute Gasteiger partial charge is 0.335 e. The normalized spacial score (nSPS) is 22.5. The minimum Gasteiger partial charge on any atom is -0.478 e. The van der Waals surface area contributed by atoms with E-state index in [2.05, 4.69) is 20.9 Å². The summed E-state index contributed by atoms with van der Waals surface area (Å²) < 4.78 is 15.1. The summed E-state index contributed by atoms with van der Waals surface area (Å²) in [5.41, 5.74) is 0.0501. The molecule has 50 heavy (non-hydrogen) atoms. The maximum absolute atomic E-state index is 15.1. The zero-order valence-electron chi connectivity index (χ0n) is 27.1. The lowest BCUT2D eigenvalue weighted by atomic mass is 9.49. The Hall–Kier alpha value is -5.52. The van der Waals surface area contributed by atoms with Crippen LogP contribution in [0, 0.1) is 29.0 Å². The number of amides is 3. The molecule has 0 radical (unpaired) electrons. The first kappa shape index (κ1) is 33.0. The van der Waals surface area contributed by atoms with E-state index < -0.39 is 42.0 Å². The fraction of sp³-hybridized carbons (Fsp3) is 0.342. The van der Waals surface area contributed by atoms with Gasteiger partial charge < -0.3 is 31.1 Å². The molecule has 1 heterocycles. The molecule has 0 spiro atoms. The van der Waals surface area contributed by atoms with Crippen molar-refractivity contribution in [1.82, 2.24) is 15.6 Å². The van der Waals surface area contributed by atoms with Gasteiger partial charge in [-0.1, -0.05) is 18.2 Å². The molecule has 4 aromatic rings. The Labute approximate surface area is 286 Å². The number of fused-ring (bicyclic) bond motifs is 1. The Kier molecular flexibility index (Phi) is 8.63. The molecule has 4 bridgehead atoms. The number of carboxylic acids is 2. The largest absolute Gasteiger partial charge is 0.478 e. The van der Waals surface area contributed by atoms with Crippen molar-refractivity contribution in [3.05, 3.63) is 100 Å². The fourth-order valence-electron chi connectivity index (χ4n) is 8.91. The van der Waals surface area contributed by atoms with Crippen LogP contribution in [-0.4, -0.2) is 57.9 Å². The summed E-state index contributed by atoms with van der Waals surface area (Å²) in [4.78, 5) is 67.6. The van der Waals surface area contributed by atoms with Gasteiger partial charge in [0.05, 0.1) is 28.2 Å². The number of aromatic nitrogens is 1. The van der Waals surface area contributed by atoms with Crippen LogP contribution < -0.4 is 16.0 Å². The molecular weight excluding hydrogens is 643 g/mol. The van der Waals surface area contributed by atoms with Crippen molar-refractivity contribution in [1.29, 1.82) is 0 Å². The number of rotatable bonds is 11. The molecule has 3 aromatic carbocycles. The molecule has 0 aliphatic heterocycles. The maximum atomic E-state index is 15.1. The third-order valence-corrected chi connectivity index (χ3v) is 10.7. The number of aromatic amines is 1. The van der Waals surface area contributed by atoms with Gasteiger partial charge in [-0.15, -0.1) is 0 Å². The summed E-state index contributed by atoms with van der Waals surface area (Å²) in [5, 5.41) is 28.0. The van der Waals surface area contributed by atoms with Crippen LogP contribution >= 0.6 is 0 Å². The molecule has 4 aliphatic rings. The topological polar surface area (TPSA) is 178 Å². The third kappa shape index (κ3) is 6.57. The maximum Gasteiger partial charge on any atom is 0.335 e. The van der Waals surface area contributed by atoms with Crippen LogP contribution in [0.4, 0.5) is 10.1 Å². The molecule has 3 amide bonds. The molecule has 4 aliphatic carbocycles. The van der Waals surface area contributed by atoms with Crippen molar-refractivity contribution in [2.75, 3.05) is 18.4 Å². The highest BCUT2D eigenvalue weighted by Crippen LogP contribution is 2.59. The minimum absolute atomic E-state index is 0.0495. The summed E-state index contributed by atoms with van der Waals surface area (Å²) in [6, 6.07) is 13.7. The van der Waals surface area contributed by atoms with E-state index >= 15 is 4.39 Å². The summed E-state index contributed by atoms with van der Waals surface area (Å²) >= 11 is 0. The molecule has 12 heteroatoms. The van der Waals surface area contributed by atoms with E-state index in [0.717, 1.165) is 66.7 Å². The highest BCUT2D eigenvalue weighted by atomic mass is 19.1. The number of benzene rings is 3. The molecule has 1 aromatic heterocycles. The molecule has 6 N–H and O–H groups in total. The zero-order chi connectivity index (χ0) is 35.2. The average molecular weight is 681 g/mol. The van der Waals surface area contributed by atoms with E-state index in [1.54, 1.807) is 24.4 Å². The van der Waals surface area contributed by atoms with E-state index in [0.29, 0.717) is 12.1 Å². The summed E-state index contributed by atoms with van der Waals surface area (Å²) in [7, 11) is 0. The Balaban J connectivity index is 1.12. The molecule has 4 saturated carbocycles. The van der Waals surface area contributed by atoms with Crippen molar-refractivity contribution < 1.29 is 38.6 Å². The zero-order valence-corrected chi connectivity index (χ0v) is 27.1. The lowest BCUT2D eigenvalue weighted by Gasteiger charge is -2.56. The molecule has 4 fully saturated rings. The first-order chi connectivity index (χ1) is 24.0. The van der Waals surface area contributed by atoms with Crippen LogP contribution in [0.3, 0.4) is 0 Å². The SMILES string of the molecule is O=C(O)c1cc(NC(=O)C(CNC(=O)c2cc3[nH]ccc3cc2C(=O)NCC23CC4CC(CC(C4)C2)C3)c2ccccc2F)cc(C(=O)O)c1. The molecule has 11 nitrogen and oxygen atoms in total. The lowest BCUT2D eigenvalue weighted by Crippen LogP contribution is -2.51. The second-order valence-corrected chi connectivity index (χ2v) is 14.2. The number of nitrogens with one attached hydrogen (secondary N) is 4. The van der Waals surface area contributed by atoms with Crippen molar-refractivity contribution in [2.45, 2.75) is 44.4 Å². The number of halogens is 1. The second-order valence-electron chi connectivity index (χ2n) is 14.2. The predicted molar refractivity (Wildman–Crippen MR) is 182 cm³/mol. The average Bonchev–Trinajstić information content (AvgIpc) is 3.54. The standard InChI is InChI=1S/C38H37FN4O7/c39-31-4-2-1-3-27(31)30(35(46)43-26-11-24(36(47)48)10-25(12-26)37(49)50)18-41-33(44)29-14-32-23(5-6-40-32)13-28(29)34(45)42-19-38-15-20-7-21(16-38)9-22(8-20)17-38/h1-6,10-14,20-22,30,40H,7-9,15-19H2,(H,41,44)(H,42,45)(H,43,46)(H,47,48)(H,49,50). The number of carbonyl (C=O) groups is 5. The van der Waals surface area contributed by atoms with E-state index in [9.17, 15) is 34.2 Å². The monoisotopic (exact) mass is 680 g/mol. The van der Waals surface area contributed by atoms with Crippen LogP contribution in [0.15, 0.2) is 66.9 Å². The highest BCUT2D eigenvalue weighted by Gasteiger charge is 2.50. The Morgan fingerprint density at radius 1 is 0.800 bits per heavy atom. The number of anilines is 1. The van der Waals surface area contributed by atoms with E-state index in [1.807, 2.05) is 0 Å². The molecule has 8 rings (SSSR count). The number of carboxylic acid groups (broad SMARTS) is 2. The number of carbonyl (C=O) groups excluding carboxylic acids is 3. The number of hydrogen-bond donors (Lipinski definition) is 6. The minimum atomic E-state index is -1.40. The summed E-state index contributed by atoms with van der Waals surface area (Å²) in [6.45, 7) is 0.150. The molecule has 0 saturated heterocycles. The van der Waals surface area contributed by atoms with Gasteiger partial charge in [0, 0.05) is 41.4 Å². The number of hydrogen-bond acceptors (Lipinski definition) is 5. The van der Waals surface area contributed by atoms with Crippen molar-refractivity contribution >= 4 is 46.3 Å². The Morgan fingerprint density at radius 2 is 1.40 bits per heavy atom. The van der Waals surface area contributed by atoms with Crippen LogP contribution in [-0.2, 0) is 4.79 Å². The van der Waals surface area contributed by atoms with Crippen LogP contribution in [0.2, 0.25) is 0 Å². The molecule has 1 atom stereocenters. The second kappa shape index (κ2) is 13.1. The summed E-state index contributed by atoms with van der Waals surface area (Å²) in [5.74, 6) is -4.53. The van der Waals surface area contributed by atoms with Crippen LogP contribution in [0.25, 0.3) is 10.9 Å². The quantitative estimate of drug-likeness (QED) is 0.116. The fourth-order valence-corrected chi connectivity index (χ4v) is 8.91. The Morgan fingerprint density at radius 3 is 2.02 bits per heavy atom. The van der Waals surface area contributed by atoms with Gasteiger partial charge in [-0.25, -0.2) is 14.0 Å². The summed E-state index contributed by atoms with van der Waals surface area (Å²) in [6.07, 6.45) is 8.89. The van der Waals surface area contributed by atoms with Crippen molar-refractivity contribution in [3.63, 3.8) is 0 Å². The van der Waals surface area contributed by atoms with Gasteiger partial charge in [-0.3, -0.25) is 14.4 Å². The van der Waals surface area contributed by atoms with Crippen molar-refractivity contribution in [3.8, 4) is 0 Å². The van der Waals surface area contributed by atoms with E-state index in [1.165, 1.54) is 37.5 Å². The van der Waals surface area contributed by atoms with E-state index in [4.69, 9.17) is 0 Å². The van der Waals surface area contributed by atoms with Gasteiger partial charge in [0.1, 0.15) is 5.82 Å². The van der Waals surface area contributed by atoms with Gasteiger partial charge in [-0.2, -0.15) is 0 Å². The highest BCUT2D eigenvalue weighted by molar-refractivity contribution is 6.10. The number of aromatic carboxylic acids is 2. The predicted octanol–water partition coefficient (Wildman–Crippen LogP) is 5.80. The third-order valence-electron chi connectivity index (χ3n) is 10.7. The first-order valence-corrected chi connectivity index (χ1v) is 16.8. The molecule has 1 unspecified atom stereocenters. The van der Waals surface area contributed by atoms with Gasteiger partial charge in [0.25, 0.3) is 11.8 Å². The van der Waals surface area contributed by atoms with Gasteiger partial charge in [0.15, 0.2) is 0 Å².